The van der Waals surface area contributed by atoms with Gasteiger partial charge in [0.05, 0.1) is 47.6 Å². The van der Waals surface area contributed by atoms with E-state index in [4.69, 9.17) is 15.2 Å². The van der Waals surface area contributed by atoms with Gasteiger partial charge in [-0.3, -0.25) is 28.9 Å². The predicted molar refractivity (Wildman–Crippen MR) is 247 cm³/mol. The Morgan fingerprint density at radius 2 is 1.45 bits per heavy atom. The molecule has 0 aromatic heterocycles. The van der Waals surface area contributed by atoms with E-state index in [2.05, 4.69) is 15.4 Å². The molecule has 5 amide bonds. The van der Waals surface area contributed by atoms with Crippen LogP contribution in [0.1, 0.15) is 85.3 Å². The highest BCUT2D eigenvalue weighted by Crippen LogP contribution is 2.30. The molecule has 3 rings (SSSR count). The van der Waals surface area contributed by atoms with Crippen molar-refractivity contribution in [2.24, 2.45) is 29.4 Å². The Hall–Kier alpha value is -4.42. The van der Waals surface area contributed by atoms with Gasteiger partial charge >= 0.3 is 0 Å². The summed E-state index contributed by atoms with van der Waals surface area (Å²) in [6.45, 7) is 14.0. The fourth-order valence-corrected chi connectivity index (χ4v) is 9.86. The summed E-state index contributed by atoms with van der Waals surface area (Å²) < 4.78 is 40.7. The Morgan fingerprint density at radius 1 is 0.828 bits per heavy atom. The lowest BCUT2D eigenvalue weighted by atomic mass is 9.89. The number of nitrogens with one attached hydrogen (secondary N) is 3. The van der Waals surface area contributed by atoms with Gasteiger partial charge in [-0.05, 0) is 68.0 Å². The number of hydrogen-bond acceptors (Lipinski definition) is 11. The van der Waals surface area contributed by atoms with Crippen molar-refractivity contribution in [3.8, 4) is 0 Å². The molecule has 1 saturated heterocycles. The lowest BCUT2D eigenvalue weighted by Crippen LogP contribution is -2.59. The zero-order chi connectivity index (χ0) is 48.1. The molecule has 1 aliphatic heterocycles. The Labute approximate surface area is 381 Å². The number of carbonyl (C=O) groups excluding carboxylic acids is 5. The maximum Gasteiger partial charge on any atom is 0.264 e. The van der Waals surface area contributed by atoms with E-state index >= 15 is 0 Å². The quantitative estimate of drug-likeness (QED) is 0.120. The van der Waals surface area contributed by atoms with E-state index in [-0.39, 0.29) is 59.8 Å². The number of hydrogen-bond donors (Lipinski definition) is 4. The van der Waals surface area contributed by atoms with Crippen LogP contribution in [0.3, 0.4) is 0 Å². The number of ether oxygens (including phenoxy) is 2. The normalized spacial score (nSPS) is 18.1. The minimum Gasteiger partial charge on any atom is -0.379 e. The summed E-state index contributed by atoms with van der Waals surface area (Å²) in [5.41, 5.74) is 7.08. The molecule has 0 spiro atoms. The number of amides is 5. The summed E-state index contributed by atoms with van der Waals surface area (Å²) in [5.74, 6) is -3.39. The zero-order valence-corrected chi connectivity index (χ0v) is 40.8. The largest absolute Gasteiger partial charge is 0.379 e. The fourth-order valence-electron chi connectivity index (χ4n) is 8.84. The first-order valence-corrected chi connectivity index (χ1v) is 23.9. The van der Waals surface area contributed by atoms with Crippen LogP contribution in [0, 0.1) is 23.7 Å². The van der Waals surface area contributed by atoms with Gasteiger partial charge in [-0.1, -0.05) is 97.4 Å². The molecule has 5 N–H and O–H groups in total. The van der Waals surface area contributed by atoms with Crippen molar-refractivity contribution in [1.29, 1.82) is 0 Å². The number of likely N-dealkylation sites (N-methyl/N-ethyl adjacent to an activating group) is 2. The first-order valence-electron chi connectivity index (χ1n) is 22.4. The topological polar surface area (TPSA) is 210 Å². The van der Waals surface area contributed by atoms with Crippen molar-refractivity contribution in [3.63, 3.8) is 0 Å². The van der Waals surface area contributed by atoms with Gasteiger partial charge in [-0.15, -0.1) is 0 Å². The van der Waals surface area contributed by atoms with E-state index in [1.807, 2.05) is 66.6 Å². The highest BCUT2D eigenvalue weighted by atomic mass is 32.2. The molecule has 1 fully saturated rings. The molecule has 9 atom stereocenters. The third-order valence-electron chi connectivity index (χ3n) is 12.6. The molecule has 2 aromatic carbocycles. The first-order chi connectivity index (χ1) is 30.1. The highest BCUT2D eigenvalue weighted by molar-refractivity contribution is 7.90. The average molecular weight is 914 g/mol. The van der Waals surface area contributed by atoms with Crippen molar-refractivity contribution in [3.05, 3.63) is 65.7 Å². The Bertz CT molecular complexity index is 1940. The summed E-state index contributed by atoms with van der Waals surface area (Å²) in [6.07, 6.45) is 0.325. The van der Waals surface area contributed by atoms with Gasteiger partial charge in [-0.2, -0.15) is 0 Å². The molecule has 2 aromatic rings. The molecular weight excluding hydrogens is 839 g/mol. The van der Waals surface area contributed by atoms with Crippen molar-refractivity contribution >= 4 is 39.6 Å². The molecule has 1 unspecified atom stereocenters. The van der Waals surface area contributed by atoms with Crippen LogP contribution in [-0.2, 0) is 56.4 Å². The molecule has 0 radical (unpaired) electrons. The van der Waals surface area contributed by atoms with Crippen molar-refractivity contribution in [1.82, 2.24) is 30.1 Å². The van der Waals surface area contributed by atoms with Gasteiger partial charge in [0.2, 0.25) is 23.6 Å². The van der Waals surface area contributed by atoms with E-state index < -0.39 is 70.2 Å². The van der Waals surface area contributed by atoms with E-state index in [0.29, 0.717) is 31.4 Å². The molecule has 1 heterocycles. The van der Waals surface area contributed by atoms with Gasteiger partial charge < -0.3 is 35.6 Å². The monoisotopic (exact) mass is 914 g/mol. The van der Waals surface area contributed by atoms with E-state index in [1.54, 1.807) is 60.2 Å². The average Bonchev–Trinajstić information content (AvgIpc) is 3.74. The third kappa shape index (κ3) is 14.0. The van der Waals surface area contributed by atoms with Crippen LogP contribution in [-0.4, -0.2) is 137 Å². The second kappa shape index (κ2) is 24.8. The number of methoxy groups -OCH3 is 2. The summed E-state index contributed by atoms with van der Waals surface area (Å²) >= 11 is 0. The van der Waals surface area contributed by atoms with Gasteiger partial charge in [0.25, 0.3) is 15.9 Å². The molecular formula is C47H75N7O9S. The molecule has 358 valence electrons. The Kier molecular flexibility index (Phi) is 20.9. The molecule has 0 saturated carbocycles. The number of nitrogens with two attached hydrogens (primary N) is 1. The molecule has 17 heteroatoms. The standard InChI is InChI=1S/C47H75N7O9S/c1-13-31(6)42(53(10)47(59)40(29(2)3)50-46(58)41(30(4)5)52(8)9)38(62-11)27-39(55)54-25-17-20-37(54)43(63-12)32(7)44(56)49-36(26-33-18-15-14-16-19-33)45(57)51-64(60,61)35-23-21-34(28-48)22-24-35/h14-16,18-19,21-24,29-32,36-38,40-43H,13,17,20,25-28,48H2,1-12H3,(H,49,56)(H,50,58)(H,51,57)/t31-,32+,36-,37-,38+,40-,41-,42-,43?/m0/s1. The number of sulfonamides is 1. The van der Waals surface area contributed by atoms with E-state index in [9.17, 15) is 32.4 Å². The van der Waals surface area contributed by atoms with Crippen LogP contribution in [0.2, 0.25) is 0 Å². The third-order valence-corrected chi connectivity index (χ3v) is 13.9. The summed E-state index contributed by atoms with van der Waals surface area (Å²) in [5, 5.41) is 5.80. The molecule has 64 heavy (non-hydrogen) atoms. The summed E-state index contributed by atoms with van der Waals surface area (Å²) in [4.78, 5) is 75.1. The molecule has 1 aliphatic rings. The Balaban J connectivity index is 1.83. The minimum atomic E-state index is -4.30. The van der Waals surface area contributed by atoms with Crippen LogP contribution >= 0.6 is 0 Å². The second-order valence-corrected chi connectivity index (χ2v) is 19.7. The number of rotatable bonds is 24. The van der Waals surface area contributed by atoms with Crippen molar-refractivity contribution in [2.45, 2.75) is 134 Å². The SMILES string of the molecule is CC[C@H](C)[C@@H]([C@@H](CC(=O)N1CCC[C@H]1C(OC)[C@@H](C)C(=O)N[C@@H](Cc1ccccc1)C(=O)NS(=O)(=O)c1ccc(CN)cc1)OC)N(C)C(=O)[C@@H](NC(=O)[C@H](C(C)C)N(C)C)C(C)C. The van der Waals surface area contributed by atoms with Gasteiger partial charge in [-0.25, -0.2) is 13.1 Å². The number of likely N-dealkylation sites (tertiary alicyclic amines) is 1. The van der Waals surface area contributed by atoms with E-state index in [1.165, 1.54) is 26.4 Å². The summed E-state index contributed by atoms with van der Waals surface area (Å²) in [6, 6.07) is 11.2. The molecule has 0 aliphatic carbocycles. The fraction of sp³-hybridized carbons (Fsp3) is 0.638. The van der Waals surface area contributed by atoms with Crippen molar-refractivity contribution in [2.75, 3.05) is 41.9 Å². The van der Waals surface area contributed by atoms with Gasteiger partial charge in [0.15, 0.2) is 0 Å². The smallest absolute Gasteiger partial charge is 0.264 e. The maximum absolute atomic E-state index is 14.4. The highest BCUT2D eigenvalue weighted by Gasteiger charge is 2.43. The maximum atomic E-state index is 14.4. The van der Waals surface area contributed by atoms with Gasteiger partial charge in [0, 0.05) is 40.8 Å². The van der Waals surface area contributed by atoms with Crippen LogP contribution < -0.4 is 21.1 Å². The van der Waals surface area contributed by atoms with Crippen LogP contribution in [0.4, 0.5) is 0 Å². The van der Waals surface area contributed by atoms with Crippen LogP contribution in [0.15, 0.2) is 59.5 Å². The number of carbonyl (C=O) groups is 5. The van der Waals surface area contributed by atoms with Gasteiger partial charge in [0.1, 0.15) is 12.1 Å². The second-order valence-electron chi connectivity index (χ2n) is 18.0. The minimum absolute atomic E-state index is 0.00396. The lowest BCUT2D eigenvalue weighted by Gasteiger charge is -2.41. The zero-order valence-electron chi connectivity index (χ0n) is 40.0. The number of nitrogens with zero attached hydrogens (tertiary/aromatic N) is 3. The first kappa shape index (κ1) is 53.9. The van der Waals surface area contributed by atoms with Crippen molar-refractivity contribution < 1.29 is 41.9 Å². The van der Waals surface area contributed by atoms with E-state index in [0.717, 1.165) is 5.56 Å². The molecule has 16 nitrogen and oxygen atoms in total. The lowest BCUT2D eigenvalue weighted by molar-refractivity contribution is -0.148. The van der Waals surface area contributed by atoms with Crippen LogP contribution in [0.5, 0.6) is 0 Å². The number of benzene rings is 2. The van der Waals surface area contributed by atoms with Crippen LogP contribution in [0.25, 0.3) is 0 Å². The Morgan fingerprint density at radius 3 is 1.97 bits per heavy atom. The molecule has 0 bridgehead atoms. The summed E-state index contributed by atoms with van der Waals surface area (Å²) in [7, 11) is 4.06. The predicted octanol–water partition coefficient (Wildman–Crippen LogP) is 3.33.